The predicted molar refractivity (Wildman–Crippen MR) is 75.3 cm³/mol. The van der Waals surface area contributed by atoms with Crippen LogP contribution in [0.1, 0.15) is 32.6 Å². The average Bonchev–Trinajstić information content (AvgIpc) is 2.72. The van der Waals surface area contributed by atoms with E-state index in [4.69, 9.17) is 0 Å². The SMILES string of the molecule is CCC(CSC)N(C)CC1CCCC1NC. The van der Waals surface area contributed by atoms with Crippen molar-refractivity contribution in [2.45, 2.75) is 44.7 Å². The van der Waals surface area contributed by atoms with Crippen LogP contribution < -0.4 is 5.32 Å². The zero-order valence-electron chi connectivity index (χ0n) is 11.3. The third-order valence-corrected chi connectivity index (χ3v) is 4.72. The van der Waals surface area contributed by atoms with Crippen molar-refractivity contribution in [1.29, 1.82) is 0 Å². The molecule has 0 spiro atoms. The average molecular weight is 244 g/mol. The molecule has 1 saturated carbocycles. The molecule has 1 aliphatic rings. The summed E-state index contributed by atoms with van der Waals surface area (Å²) in [6.07, 6.45) is 7.67. The van der Waals surface area contributed by atoms with Crippen molar-refractivity contribution in [2.75, 3.05) is 32.6 Å². The highest BCUT2D eigenvalue weighted by atomic mass is 32.2. The first kappa shape index (κ1) is 14.3. The zero-order valence-corrected chi connectivity index (χ0v) is 12.1. The van der Waals surface area contributed by atoms with Crippen LogP contribution in [-0.4, -0.2) is 49.6 Å². The van der Waals surface area contributed by atoms with Gasteiger partial charge in [-0.15, -0.1) is 0 Å². The van der Waals surface area contributed by atoms with Gasteiger partial charge in [0.05, 0.1) is 0 Å². The Hall–Kier alpha value is 0.270. The summed E-state index contributed by atoms with van der Waals surface area (Å²) in [5, 5.41) is 3.48. The van der Waals surface area contributed by atoms with Crippen LogP contribution in [0.2, 0.25) is 0 Å². The first-order chi connectivity index (χ1) is 7.72. The molecule has 0 aromatic heterocycles. The van der Waals surface area contributed by atoms with E-state index in [0.29, 0.717) is 0 Å². The highest BCUT2D eigenvalue weighted by molar-refractivity contribution is 7.98. The van der Waals surface area contributed by atoms with Gasteiger partial charge in [-0.05, 0) is 45.5 Å². The van der Waals surface area contributed by atoms with Crippen LogP contribution in [0.3, 0.4) is 0 Å². The first-order valence-corrected chi connectivity index (χ1v) is 7.98. The van der Waals surface area contributed by atoms with Crippen LogP contribution in [0, 0.1) is 5.92 Å². The summed E-state index contributed by atoms with van der Waals surface area (Å²) in [6, 6.07) is 1.52. The second-order valence-corrected chi connectivity index (χ2v) is 5.95. The van der Waals surface area contributed by atoms with Crippen LogP contribution in [0.25, 0.3) is 0 Å². The Morgan fingerprint density at radius 3 is 2.75 bits per heavy atom. The summed E-state index contributed by atoms with van der Waals surface area (Å²) >= 11 is 1.97. The molecule has 16 heavy (non-hydrogen) atoms. The van der Waals surface area contributed by atoms with Gasteiger partial charge in [-0.25, -0.2) is 0 Å². The Balaban J connectivity index is 2.39. The quantitative estimate of drug-likeness (QED) is 0.740. The molecule has 0 aromatic carbocycles. The van der Waals surface area contributed by atoms with E-state index in [2.05, 4.69) is 37.5 Å². The number of hydrogen-bond acceptors (Lipinski definition) is 3. The molecule has 1 aliphatic carbocycles. The maximum Gasteiger partial charge on any atom is 0.0180 e. The highest BCUT2D eigenvalue weighted by Gasteiger charge is 2.28. The van der Waals surface area contributed by atoms with E-state index < -0.39 is 0 Å². The fourth-order valence-corrected chi connectivity index (χ4v) is 3.78. The number of hydrogen-bond donors (Lipinski definition) is 1. The molecular weight excluding hydrogens is 216 g/mol. The lowest BCUT2D eigenvalue weighted by atomic mass is 10.0. The van der Waals surface area contributed by atoms with Crippen molar-refractivity contribution >= 4 is 11.8 Å². The largest absolute Gasteiger partial charge is 0.317 e. The predicted octanol–water partition coefficient (Wildman–Crippen LogP) is 2.45. The van der Waals surface area contributed by atoms with Crippen LogP contribution in [-0.2, 0) is 0 Å². The Kier molecular flexibility index (Phi) is 6.78. The minimum atomic E-state index is 0.758. The van der Waals surface area contributed by atoms with Crippen molar-refractivity contribution in [3.8, 4) is 0 Å². The van der Waals surface area contributed by atoms with E-state index in [-0.39, 0.29) is 0 Å². The number of nitrogens with zero attached hydrogens (tertiary/aromatic N) is 1. The summed E-state index contributed by atoms with van der Waals surface area (Å²) in [6.45, 7) is 3.58. The Morgan fingerprint density at radius 1 is 1.44 bits per heavy atom. The van der Waals surface area contributed by atoms with E-state index in [0.717, 1.165) is 18.0 Å². The van der Waals surface area contributed by atoms with Crippen molar-refractivity contribution in [3.63, 3.8) is 0 Å². The fraction of sp³-hybridized carbons (Fsp3) is 1.00. The molecule has 2 nitrogen and oxygen atoms in total. The summed E-state index contributed by atoms with van der Waals surface area (Å²) in [4.78, 5) is 2.58. The van der Waals surface area contributed by atoms with Gasteiger partial charge in [0.1, 0.15) is 0 Å². The number of nitrogens with one attached hydrogen (secondary N) is 1. The zero-order chi connectivity index (χ0) is 12.0. The Labute approximate surface area is 106 Å². The van der Waals surface area contributed by atoms with Gasteiger partial charge in [0, 0.05) is 24.4 Å². The molecule has 0 amide bonds. The monoisotopic (exact) mass is 244 g/mol. The molecule has 0 heterocycles. The van der Waals surface area contributed by atoms with E-state index >= 15 is 0 Å². The summed E-state index contributed by atoms with van der Waals surface area (Å²) < 4.78 is 0. The first-order valence-electron chi connectivity index (χ1n) is 6.59. The lowest BCUT2D eigenvalue weighted by Crippen LogP contribution is -2.41. The maximum absolute atomic E-state index is 3.48. The number of thioether (sulfide) groups is 1. The van der Waals surface area contributed by atoms with E-state index in [1.54, 1.807) is 0 Å². The summed E-state index contributed by atoms with van der Waals surface area (Å²) in [7, 11) is 4.41. The summed E-state index contributed by atoms with van der Waals surface area (Å²) in [5.41, 5.74) is 0. The fourth-order valence-electron chi connectivity index (χ4n) is 2.90. The van der Waals surface area contributed by atoms with Crippen molar-refractivity contribution in [2.24, 2.45) is 5.92 Å². The lowest BCUT2D eigenvalue weighted by Gasteiger charge is -2.31. The van der Waals surface area contributed by atoms with Gasteiger partial charge in [-0.3, -0.25) is 0 Å². The van der Waals surface area contributed by atoms with Gasteiger partial charge < -0.3 is 10.2 Å². The smallest absolute Gasteiger partial charge is 0.0180 e. The third kappa shape index (κ3) is 3.94. The Bertz CT molecular complexity index is 187. The molecule has 1 fully saturated rings. The molecule has 3 heteroatoms. The van der Waals surface area contributed by atoms with Gasteiger partial charge in [-0.1, -0.05) is 13.3 Å². The van der Waals surface area contributed by atoms with Crippen LogP contribution in [0.5, 0.6) is 0 Å². The molecule has 0 saturated heterocycles. The molecule has 0 bridgehead atoms. The van der Waals surface area contributed by atoms with Gasteiger partial charge >= 0.3 is 0 Å². The maximum atomic E-state index is 3.48. The van der Waals surface area contributed by atoms with E-state index in [1.807, 2.05) is 11.8 Å². The highest BCUT2D eigenvalue weighted by Crippen LogP contribution is 2.26. The molecule has 0 aromatic rings. The van der Waals surface area contributed by atoms with E-state index in [9.17, 15) is 0 Å². The molecule has 0 radical (unpaired) electrons. The number of rotatable bonds is 7. The third-order valence-electron chi connectivity index (χ3n) is 4.01. The molecule has 3 atom stereocenters. The van der Waals surface area contributed by atoms with Gasteiger partial charge in [0.25, 0.3) is 0 Å². The molecule has 1 rings (SSSR count). The lowest BCUT2D eigenvalue weighted by molar-refractivity contribution is 0.204. The summed E-state index contributed by atoms with van der Waals surface area (Å²) in [5.74, 6) is 2.13. The second kappa shape index (κ2) is 7.57. The molecular formula is C13H28N2S. The van der Waals surface area contributed by atoms with Crippen LogP contribution >= 0.6 is 11.8 Å². The van der Waals surface area contributed by atoms with Gasteiger partial charge in [0.15, 0.2) is 0 Å². The standard InChI is InChI=1S/C13H28N2S/c1-5-12(10-16-4)15(3)9-11-7-6-8-13(11)14-2/h11-14H,5-10H2,1-4H3. The van der Waals surface area contributed by atoms with Gasteiger partial charge in [0.2, 0.25) is 0 Å². The molecule has 3 unspecified atom stereocenters. The molecule has 0 aliphatic heterocycles. The Morgan fingerprint density at radius 2 is 2.19 bits per heavy atom. The molecule has 96 valence electrons. The van der Waals surface area contributed by atoms with Crippen molar-refractivity contribution in [1.82, 2.24) is 10.2 Å². The van der Waals surface area contributed by atoms with Gasteiger partial charge in [-0.2, -0.15) is 11.8 Å². The second-order valence-electron chi connectivity index (χ2n) is 5.04. The van der Waals surface area contributed by atoms with Crippen molar-refractivity contribution < 1.29 is 0 Å². The van der Waals surface area contributed by atoms with Crippen molar-refractivity contribution in [3.05, 3.63) is 0 Å². The van der Waals surface area contributed by atoms with Crippen LogP contribution in [0.4, 0.5) is 0 Å². The molecule has 1 N–H and O–H groups in total. The van der Waals surface area contributed by atoms with E-state index in [1.165, 1.54) is 38.0 Å². The topological polar surface area (TPSA) is 15.3 Å². The minimum absolute atomic E-state index is 0.758. The minimum Gasteiger partial charge on any atom is -0.317 e. The van der Waals surface area contributed by atoms with Crippen LogP contribution in [0.15, 0.2) is 0 Å². The normalized spacial score (nSPS) is 27.6.